The fraction of sp³-hybridized carbons (Fsp3) is 0.357. The Balaban J connectivity index is 1.25. The molecule has 1 aromatic carbocycles. The number of fused-ring (bicyclic) bond motifs is 2. The number of benzene rings is 1. The molecule has 4 aromatic rings. The van der Waals surface area contributed by atoms with Crippen LogP contribution in [0.15, 0.2) is 55.0 Å². The summed E-state index contributed by atoms with van der Waals surface area (Å²) in [5.74, 6) is 2.96. The molecule has 2 atom stereocenters. The molecule has 8 nitrogen and oxygen atoms in total. The molecule has 36 heavy (non-hydrogen) atoms. The Morgan fingerprint density at radius 3 is 2.69 bits per heavy atom. The molecule has 2 fully saturated rings. The number of hydrogen-bond acceptors (Lipinski definition) is 8. The number of pyridine rings is 2. The number of anilines is 2. The first-order chi connectivity index (χ1) is 17.7. The molecule has 7 rings (SSSR count). The maximum atomic E-state index is 10.8. The molecule has 4 heterocycles. The molecule has 0 amide bonds. The lowest BCUT2D eigenvalue weighted by molar-refractivity contribution is 0.167. The zero-order valence-corrected chi connectivity index (χ0v) is 20.1. The lowest BCUT2D eigenvalue weighted by Crippen LogP contribution is -2.44. The van der Waals surface area contributed by atoms with Gasteiger partial charge in [0, 0.05) is 49.5 Å². The average molecular weight is 480 g/mol. The normalized spacial score (nSPS) is 21.5. The van der Waals surface area contributed by atoms with Crippen LogP contribution in [0.5, 0.6) is 0 Å². The lowest BCUT2D eigenvalue weighted by Gasteiger charge is -2.30. The predicted molar refractivity (Wildman–Crippen MR) is 140 cm³/mol. The highest BCUT2D eigenvalue weighted by Gasteiger charge is 2.31. The van der Waals surface area contributed by atoms with E-state index in [-0.39, 0.29) is 6.04 Å². The van der Waals surface area contributed by atoms with Crippen molar-refractivity contribution < 1.29 is 5.11 Å². The van der Waals surface area contributed by atoms with Crippen molar-refractivity contribution in [1.82, 2.24) is 25.3 Å². The van der Waals surface area contributed by atoms with Crippen LogP contribution in [-0.2, 0) is 6.42 Å². The van der Waals surface area contributed by atoms with Crippen molar-refractivity contribution in [3.8, 4) is 11.4 Å². The summed E-state index contributed by atoms with van der Waals surface area (Å²) in [5.41, 5.74) is 5.23. The highest BCUT2D eigenvalue weighted by Crippen LogP contribution is 2.45. The van der Waals surface area contributed by atoms with E-state index in [0.717, 1.165) is 60.4 Å². The van der Waals surface area contributed by atoms with E-state index in [0.29, 0.717) is 17.6 Å². The Bertz CT molecular complexity index is 1430. The van der Waals surface area contributed by atoms with E-state index in [1.54, 1.807) is 6.20 Å². The zero-order chi connectivity index (χ0) is 24.1. The molecule has 3 N–H and O–H groups in total. The molecule has 0 spiro atoms. The van der Waals surface area contributed by atoms with Crippen molar-refractivity contribution in [3.05, 3.63) is 71.7 Å². The summed E-state index contributed by atoms with van der Waals surface area (Å²) >= 11 is 0. The van der Waals surface area contributed by atoms with Gasteiger partial charge in [-0.3, -0.25) is 4.98 Å². The van der Waals surface area contributed by atoms with E-state index in [4.69, 9.17) is 9.97 Å². The van der Waals surface area contributed by atoms with Crippen LogP contribution >= 0.6 is 0 Å². The van der Waals surface area contributed by atoms with Gasteiger partial charge in [-0.1, -0.05) is 24.3 Å². The first-order valence-electron chi connectivity index (χ1n) is 12.8. The highest BCUT2D eigenvalue weighted by molar-refractivity contribution is 5.94. The smallest absolute Gasteiger partial charge is 0.162 e. The summed E-state index contributed by atoms with van der Waals surface area (Å²) in [4.78, 5) is 21.6. The summed E-state index contributed by atoms with van der Waals surface area (Å²) in [7, 11) is 0. The quantitative estimate of drug-likeness (QED) is 0.400. The van der Waals surface area contributed by atoms with E-state index < -0.39 is 6.10 Å². The summed E-state index contributed by atoms with van der Waals surface area (Å²) < 4.78 is 0. The maximum absolute atomic E-state index is 10.8. The fourth-order valence-electron chi connectivity index (χ4n) is 5.57. The number of nitrogens with zero attached hydrogens (tertiary/aromatic N) is 5. The van der Waals surface area contributed by atoms with Gasteiger partial charge in [0.2, 0.25) is 0 Å². The van der Waals surface area contributed by atoms with Crippen LogP contribution in [0.25, 0.3) is 22.3 Å². The second-order valence-electron chi connectivity index (χ2n) is 10.0. The van der Waals surface area contributed by atoms with Gasteiger partial charge in [-0.15, -0.1) is 0 Å². The van der Waals surface area contributed by atoms with Gasteiger partial charge in [0.15, 0.2) is 5.82 Å². The highest BCUT2D eigenvalue weighted by atomic mass is 16.3. The van der Waals surface area contributed by atoms with Gasteiger partial charge in [0.05, 0.1) is 23.9 Å². The standard InChI is InChI=1S/C28H29N7O/c36-26-20-4-2-1-3-18(20)13-22(26)32-24-14-19(7-8-31-24)27-33-23-16-30-15-21(17-5-6-17)25(23)28(34-27)35-11-9-29-10-12-35/h1-4,7-8,14-17,22,26,29,36H,5-6,9-13H2,(H,31,32)/t22?,26-/m0/s1. The molecule has 1 aliphatic heterocycles. The number of hydrogen-bond donors (Lipinski definition) is 3. The molecule has 2 aliphatic carbocycles. The fourth-order valence-corrected chi connectivity index (χ4v) is 5.57. The van der Waals surface area contributed by atoms with Gasteiger partial charge in [0.1, 0.15) is 11.6 Å². The van der Waals surface area contributed by atoms with Crippen LogP contribution in [0.3, 0.4) is 0 Å². The first-order valence-corrected chi connectivity index (χ1v) is 12.8. The SMILES string of the molecule is O[C@H]1c2ccccc2CC1Nc1cc(-c2nc(N3CCNCC3)c3c(C4CC4)cncc3n2)ccn1. The Labute approximate surface area is 209 Å². The molecule has 3 aromatic heterocycles. The molecule has 0 bridgehead atoms. The molecule has 1 saturated carbocycles. The summed E-state index contributed by atoms with van der Waals surface area (Å²) in [6.45, 7) is 3.72. The number of piperazine rings is 1. The number of aromatic nitrogens is 4. The van der Waals surface area contributed by atoms with E-state index in [1.165, 1.54) is 24.0 Å². The number of rotatable bonds is 5. The van der Waals surface area contributed by atoms with E-state index >= 15 is 0 Å². The molecule has 1 saturated heterocycles. The minimum absolute atomic E-state index is 0.121. The van der Waals surface area contributed by atoms with Crippen molar-refractivity contribution in [2.75, 3.05) is 36.4 Å². The summed E-state index contributed by atoms with van der Waals surface area (Å²) in [6, 6.07) is 11.9. The Kier molecular flexibility index (Phi) is 5.29. The van der Waals surface area contributed by atoms with Crippen LogP contribution in [0.4, 0.5) is 11.6 Å². The number of aliphatic hydroxyl groups excluding tert-OH is 1. The van der Waals surface area contributed by atoms with E-state index in [1.807, 2.05) is 42.7 Å². The maximum Gasteiger partial charge on any atom is 0.162 e. The first kappa shape index (κ1) is 21.6. The Morgan fingerprint density at radius 2 is 1.86 bits per heavy atom. The topological polar surface area (TPSA) is 99.1 Å². The molecular weight excluding hydrogens is 450 g/mol. The molecular formula is C28H29N7O. The zero-order valence-electron chi connectivity index (χ0n) is 20.1. The minimum atomic E-state index is -0.560. The van der Waals surface area contributed by atoms with Crippen LogP contribution in [-0.4, -0.2) is 57.3 Å². The van der Waals surface area contributed by atoms with Crippen LogP contribution < -0.4 is 15.5 Å². The van der Waals surface area contributed by atoms with Crippen molar-refractivity contribution >= 4 is 22.5 Å². The van der Waals surface area contributed by atoms with Crippen molar-refractivity contribution in [3.63, 3.8) is 0 Å². The van der Waals surface area contributed by atoms with E-state index in [2.05, 4.69) is 31.6 Å². The van der Waals surface area contributed by atoms with Gasteiger partial charge in [-0.2, -0.15) is 0 Å². The Morgan fingerprint density at radius 1 is 1.00 bits per heavy atom. The molecule has 3 aliphatic rings. The van der Waals surface area contributed by atoms with Crippen LogP contribution in [0.2, 0.25) is 0 Å². The molecule has 0 radical (unpaired) electrons. The van der Waals surface area contributed by atoms with Gasteiger partial charge < -0.3 is 20.6 Å². The third-order valence-corrected chi connectivity index (χ3v) is 7.60. The second kappa shape index (κ2) is 8.80. The largest absolute Gasteiger partial charge is 0.386 e. The Hall–Kier alpha value is -3.62. The van der Waals surface area contributed by atoms with Gasteiger partial charge >= 0.3 is 0 Å². The third-order valence-electron chi connectivity index (χ3n) is 7.60. The van der Waals surface area contributed by atoms with E-state index in [9.17, 15) is 5.11 Å². The van der Waals surface area contributed by atoms with Crippen molar-refractivity contribution in [1.29, 1.82) is 0 Å². The van der Waals surface area contributed by atoms with Gasteiger partial charge in [-0.05, 0) is 54.0 Å². The monoisotopic (exact) mass is 479 g/mol. The molecule has 182 valence electrons. The minimum Gasteiger partial charge on any atom is -0.386 e. The summed E-state index contributed by atoms with van der Waals surface area (Å²) in [6.07, 6.45) is 8.27. The predicted octanol–water partition coefficient (Wildman–Crippen LogP) is 3.44. The molecule has 1 unspecified atom stereocenters. The average Bonchev–Trinajstić information content (AvgIpc) is 3.73. The number of aliphatic hydroxyl groups is 1. The van der Waals surface area contributed by atoms with Crippen molar-refractivity contribution in [2.45, 2.75) is 37.3 Å². The second-order valence-corrected chi connectivity index (χ2v) is 10.0. The molecule has 8 heteroatoms. The third kappa shape index (κ3) is 3.86. The van der Waals surface area contributed by atoms with Gasteiger partial charge in [-0.25, -0.2) is 15.0 Å². The van der Waals surface area contributed by atoms with Gasteiger partial charge in [0.25, 0.3) is 0 Å². The van der Waals surface area contributed by atoms with Crippen molar-refractivity contribution in [2.24, 2.45) is 0 Å². The number of nitrogens with one attached hydrogen (secondary N) is 2. The van der Waals surface area contributed by atoms with Crippen LogP contribution in [0, 0.1) is 0 Å². The van der Waals surface area contributed by atoms with Crippen LogP contribution in [0.1, 0.15) is 41.6 Å². The summed E-state index contributed by atoms with van der Waals surface area (Å²) in [5, 5.41) is 18.9. The lowest BCUT2D eigenvalue weighted by atomic mass is 10.1.